The van der Waals surface area contributed by atoms with Crippen LogP contribution in [-0.4, -0.2) is 28.3 Å². The van der Waals surface area contributed by atoms with Crippen LogP contribution in [0.1, 0.15) is 15.9 Å². The van der Waals surface area contributed by atoms with Crippen LogP contribution in [0.2, 0.25) is 0 Å². The van der Waals surface area contributed by atoms with Crippen LogP contribution >= 0.6 is 0 Å². The lowest BCUT2D eigenvalue weighted by Crippen LogP contribution is -2.31. The highest BCUT2D eigenvalue weighted by atomic mass is 32.2. The van der Waals surface area contributed by atoms with E-state index in [-0.39, 0.29) is 26.8 Å². The molecule has 5 rings (SSSR count). The van der Waals surface area contributed by atoms with E-state index in [1.165, 1.54) is 30.3 Å². The van der Waals surface area contributed by atoms with Crippen molar-refractivity contribution in [2.75, 3.05) is 0 Å². The van der Waals surface area contributed by atoms with Gasteiger partial charge in [0.05, 0.1) is 21.2 Å². The van der Waals surface area contributed by atoms with Crippen LogP contribution in [-0.2, 0) is 20.0 Å². The number of fused-ring (bicyclic) bond motifs is 2. The van der Waals surface area contributed by atoms with Gasteiger partial charge in [0.15, 0.2) is 0 Å². The second-order valence-electron chi connectivity index (χ2n) is 7.81. The average molecular weight is 503 g/mol. The number of nitrogens with one attached hydrogen (secondary N) is 1. The summed E-state index contributed by atoms with van der Waals surface area (Å²) < 4.78 is 58.4. The molecule has 0 aromatic heterocycles. The minimum absolute atomic E-state index is 0.0158. The number of allylic oxidation sites excluding steroid dienone is 2. The highest BCUT2D eigenvalue weighted by Crippen LogP contribution is 2.25. The third-order valence-electron chi connectivity index (χ3n) is 5.51. The van der Waals surface area contributed by atoms with Crippen molar-refractivity contribution >= 4 is 42.3 Å². The summed E-state index contributed by atoms with van der Waals surface area (Å²) in [6.07, 6.45) is 1.16. The second kappa shape index (κ2) is 8.61. The first-order valence-electron chi connectivity index (χ1n) is 10.5. The van der Waals surface area contributed by atoms with Gasteiger partial charge in [-0.3, -0.25) is 9.52 Å². The molecule has 7 nitrogen and oxygen atoms in total. The Bertz CT molecular complexity index is 1760. The minimum Gasteiger partial charge on any atom is -0.287 e. The molecule has 0 atom stereocenters. The predicted octanol–water partition coefficient (Wildman–Crippen LogP) is 4.08. The Labute approximate surface area is 202 Å². The van der Waals surface area contributed by atoms with E-state index in [1.807, 2.05) is 18.2 Å². The molecule has 174 valence electrons. The Morgan fingerprint density at radius 2 is 1.26 bits per heavy atom. The predicted molar refractivity (Wildman–Crippen MR) is 133 cm³/mol. The maximum absolute atomic E-state index is 13.2. The third kappa shape index (κ3) is 4.39. The standard InChI is InChI=1S/C26H18N2O5S2/c29-26-23-13-7-6-12-22(23)24(17-25(26)28-34(30,31)20-10-2-1-3-11-20)27-35(32,33)21-15-14-18-8-4-5-9-19(18)16-21/h1-17,28H/b27-24+. The van der Waals surface area contributed by atoms with Crippen molar-refractivity contribution in [1.82, 2.24) is 4.72 Å². The number of hydrogen-bond donors (Lipinski definition) is 1. The second-order valence-corrected chi connectivity index (χ2v) is 11.1. The molecule has 0 bridgehead atoms. The van der Waals surface area contributed by atoms with Crippen LogP contribution < -0.4 is 4.72 Å². The first-order chi connectivity index (χ1) is 16.7. The number of hydrogen-bond acceptors (Lipinski definition) is 5. The van der Waals surface area contributed by atoms with Gasteiger partial charge in [-0.25, -0.2) is 8.42 Å². The summed E-state index contributed by atoms with van der Waals surface area (Å²) in [5.41, 5.74) is 0.108. The normalized spacial score (nSPS) is 15.0. The average Bonchev–Trinajstić information content (AvgIpc) is 2.87. The van der Waals surface area contributed by atoms with Gasteiger partial charge in [0, 0.05) is 11.1 Å². The van der Waals surface area contributed by atoms with Crippen molar-refractivity contribution in [3.05, 3.63) is 120 Å². The van der Waals surface area contributed by atoms with Gasteiger partial charge in [-0.2, -0.15) is 12.8 Å². The molecule has 0 radical (unpaired) electrons. The van der Waals surface area contributed by atoms with E-state index in [2.05, 4.69) is 9.12 Å². The van der Waals surface area contributed by atoms with Gasteiger partial charge in [-0.15, -0.1) is 0 Å². The van der Waals surface area contributed by atoms with Crippen molar-refractivity contribution in [2.24, 2.45) is 4.40 Å². The molecule has 4 aromatic rings. The molecular weight excluding hydrogens is 484 g/mol. The highest BCUT2D eigenvalue weighted by molar-refractivity contribution is 7.90. The van der Waals surface area contributed by atoms with E-state index >= 15 is 0 Å². The van der Waals surface area contributed by atoms with E-state index in [1.54, 1.807) is 48.5 Å². The van der Waals surface area contributed by atoms with Crippen LogP contribution in [0.15, 0.2) is 123 Å². The topological polar surface area (TPSA) is 110 Å². The molecule has 0 saturated heterocycles. The zero-order valence-corrected chi connectivity index (χ0v) is 19.8. The number of benzene rings is 4. The molecule has 1 N–H and O–H groups in total. The summed E-state index contributed by atoms with van der Waals surface area (Å²) in [5.74, 6) is -0.581. The van der Waals surface area contributed by atoms with Crippen molar-refractivity contribution in [2.45, 2.75) is 9.79 Å². The quantitative estimate of drug-likeness (QED) is 0.442. The number of sulfonamides is 2. The summed E-state index contributed by atoms with van der Waals surface area (Å²) in [7, 11) is -8.26. The number of Topliss-reactive ketones (excluding diaryl/α,β-unsaturated/α-hetero) is 1. The number of carbonyl (C=O) groups excluding carboxylic acids is 1. The summed E-state index contributed by atoms with van der Waals surface area (Å²) in [5, 5.41) is 1.62. The number of carbonyl (C=O) groups is 1. The largest absolute Gasteiger partial charge is 0.287 e. The lowest BCUT2D eigenvalue weighted by Gasteiger charge is -2.18. The van der Waals surface area contributed by atoms with Gasteiger partial charge in [-0.1, -0.05) is 72.8 Å². The lowest BCUT2D eigenvalue weighted by atomic mass is 9.93. The van der Waals surface area contributed by atoms with Crippen molar-refractivity contribution in [3.8, 4) is 0 Å². The molecule has 0 spiro atoms. The summed E-state index contributed by atoms with van der Waals surface area (Å²) >= 11 is 0. The van der Waals surface area contributed by atoms with Crippen LogP contribution in [0.5, 0.6) is 0 Å². The Morgan fingerprint density at radius 3 is 2.00 bits per heavy atom. The van der Waals surface area contributed by atoms with E-state index in [0.29, 0.717) is 5.56 Å². The molecule has 0 saturated carbocycles. The summed E-state index contributed by atoms with van der Waals surface area (Å²) in [4.78, 5) is 13.0. The molecule has 4 aromatic carbocycles. The Kier molecular flexibility index (Phi) is 5.58. The fraction of sp³-hybridized carbons (Fsp3) is 0. The van der Waals surface area contributed by atoms with Gasteiger partial charge < -0.3 is 0 Å². The first-order valence-corrected chi connectivity index (χ1v) is 13.4. The highest BCUT2D eigenvalue weighted by Gasteiger charge is 2.29. The van der Waals surface area contributed by atoms with E-state index in [0.717, 1.165) is 16.8 Å². The SMILES string of the molecule is O=C1C(NS(=O)(=O)c2ccccc2)=C/C(=N\S(=O)(=O)c2ccc3ccccc3c2)c2ccccc21. The molecule has 0 fully saturated rings. The molecule has 1 aliphatic carbocycles. The number of rotatable bonds is 5. The molecule has 35 heavy (non-hydrogen) atoms. The summed E-state index contributed by atoms with van der Waals surface area (Å²) in [6, 6.07) is 25.9. The van der Waals surface area contributed by atoms with Gasteiger partial charge in [0.25, 0.3) is 20.0 Å². The maximum atomic E-state index is 13.2. The van der Waals surface area contributed by atoms with Gasteiger partial charge in [-0.05, 0) is 41.1 Å². The minimum atomic E-state index is -4.18. The molecule has 9 heteroatoms. The Hall–Kier alpha value is -4.08. The zero-order valence-electron chi connectivity index (χ0n) is 18.1. The van der Waals surface area contributed by atoms with E-state index < -0.39 is 25.8 Å². The smallest absolute Gasteiger partial charge is 0.282 e. The van der Waals surface area contributed by atoms with Gasteiger partial charge in [0.1, 0.15) is 0 Å². The molecule has 1 aliphatic rings. The van der Waals surface area contributed by atoms with Crippen LogP contribution in [0.4, 0.5) is 0 Å². The number of ketones is 1. The monoisotopic (exact) mass is 502 g/mol. The van der Waals surface area contributed by atoms with Crippen LogP contribution in [0, 0.1) is 0 Å². The van der Waals surface area contributed by atoms with Crippen LogP contribution in [0.3, 0.4) is 0 Å². The van der Waals surface area contributed by atoms with Gasteiger partial charge in [0.2, 0.25) is 5.78 Å². The molecule has 0 amide bonds. The Morgan fingerprint density at radius 1 is 0.629 bits per heavy atom. The molecule has 0 heterocycles. The van der Waals surface area contributed by atoms with Gasteiger partial charge >= 0.3 is 0 Å². The van der Waals surface area contributed by atoms with Crippen molar-refractivity contribution in [3.63, 3.8) is 0 Å². The zero-order chi connectivity index (χ0) is 24.6. The fourth-order valence-electron chi connectivity index (χ4n) is 3.79. The molecule has 0 unspecified atom stereocenters. The van der Waals surface area contributed by atoms with E-state index in [9.17, 15) is 21.6 Å². The van der Waals surface area contributed by atoms with E-state index in [4.69, 9.17) is 0 Å². The first kappa shape index (κ1) is 22.7. The lowest BCUT2D eigenvalue weighted by molar-refractivity contribution is 0.102. The Balaban J connectivity index is 1.61. The van der Waals surface area contributed by atoms with Crippen molar-refractivity contribution < 1.29 is 21.6 Å². The molecule has 0 aliphatic heterocycles. The summed E-state index contributed by atoms with van der Waals surface area (Å²) in [6.45, 7) is 0. The van der Waals surface area contributed by atoms with Crippen LogP contribution in [0.25, 0.3) is 10.8 Å². The third-order valence-corrected chi connectivity index (χ3v) is 8.18. The molecular formula is C26H18N2O5S2. The maximum Gasteiger partial charge on any atom is 0.282 e. The number of nitrogens with zero attached hydrogens (tertiary/aromatic N) is 1. The van der Waals surface area contributed by atoms with Crippen molar-refractivity contribution in [1.29, 1.82) is 0 Å². The fourth-order valence-corrected chi connectivity index (χ4v) is 5.90.